The minimum Gasteiger partial charge on any atom is -0.396 e. The van der Waals surface area contributed by atoms with Gasteiger partial charge in [-0.05, 0) is 37.2 Å². The van der Waals surface area contributed by atoms with E-state index in [0.29, 0.717) is 30.1 Å². The molecule has 3 aromatic rings. The van der Waals surface area contributed by atoms with Crippen LogP contribution in [0.5, 0.6) is 0 Å². The number of carbonyl (C=O) groups is 1. The lowest BCUT2D eigenvalue weighted by Crippen LogP contribution is -2.30. The van der Waals surface area contributed by atoms with E-state index in [-0.39, 0.29) is 18.0 Å². The SMILES string of the molecule is NCCC(NC(=O)c1ccc(-c2ccc(C(F)(F)F)cn2)[nH]1)c1nc(CCO)cs1. The fourth-order valence-electron chi connectivity index (χ4n) is 2.77. The van der Waals surface area contributed by atoms with Crippen LogP contribution >= 0.6 is 11.3 Å². The molecule has 1 unspecified atom stereocenters. The van der Waals surface area contributed by atoms with Gasteiger partial charge in [-0.25, -0.2) is 4.98 Å². The average Bonchev–Trinajstić information content (AvgIpc) is 3.37. The van der Waals surface area contributed by atoms with Gasteiger partial charge in [0, 0.05) is 24.6 Å². The molecule has 0 bridgehead atoms. The maximum absolute atomic E-state index is 12.7. The summed E-state index contributed by atoms with van der Waals surface area (Å²) in [7, 11) is 0. The lowest BCUT2D eigenvalue weighted by atomic mass is 10.2. The van der Waals surface area contributed by atoms with Crippen LogP contribution in [0.2, 0.25) is 0 Å². The van der Waals surface area contributed by atoms with Crippen molar-refractivity contribution in [2.24, 2.45) is 5.73 Å². The van der Waals surface area contributed by atoms with E-state index in [2.05, 4.69) is 20.3 Å². The first-order valence-electron chi connectivity index (χ1n) is 9.10. The molecule has 0 aliphatic heterocycles. The Kier molecular flexibility index (Phi) is 6.85. The van der Waals surface area contributed by atoms with E-state index in [9.17, 15) is 18.0 Å². The van der Waals surface area contributed by atoms with Crippen molar-refractivity contribution in [2.45, 2.75) is 25.1 Å². The van der Waals surface area contributed by atoms with Crippen molar-refractivity contribution >= 4 is 17.2 Å². The second-order valence-electron chi connectivity index (χ2n) is 6.47. The van der Waals surface area contributed by atoms with Gasteiger partial charge in [0.15, 0.2) is 0 Å². The first kappa shape index (κ1) is 21.9. The van der Waals surface area contributed by atoms with Gasteiger partial charge in [0.25, 0.3) is 5.91 Å². The van der Waals surface area contributed by atoms with Crippen LogP contribution in [-0.4, -0.2) is 39.1 Å². The zero-order valence-electron chi connectivity index (χ0n) is 15.7. The van der Waals surface area contributed by atoms with Crippen LogP contribution in [0.25, 0.3) is 11.4 Å². The fourth-order valence-corrected chi connectivity index (χ4v) is 3.71. The Morgan fingerprint density at radius 1 is 1.30 bits per heavy atom. The number of H-pyrrole nitrogens is 1. The molecule has 0 aliphatic rings. The number of hydrogen-bond donors (Lipinski definition) is 4. The van der Waals surface area contributed by atoms with Gasteiger partial charge < -0.3 is 21.1 Å². The molecular weight excluding hydrogens is 419 g/mol. The Morgan fingerprint density at radius 3 is 2.73 bits per heavy atom. The van der Waals surface area contributed by atoms with Crippen LogP contribution in [0.4, 0.5) is 13.2 Å². The van der Waals surface area contributed by atoms with Crippen LogP contribution in [-0.2, 0) is 12.6 Å². The summed E-state index contributed by atoms with van der Waals surface area (Å²) in [6.07, 6.45) is -2.80. The molecule has 30 heavy (non-hydrogen) atoms. The molecule has 0 aliphatic carbocycles. The molecule has 3 heterocycles. The van der Waals surface area contributed by atoms with Crippen LogP contribution in [0.3, 0.4) is 0 Å². The third kappa shape index (κ3) is 5.23. The molecule has 7 nitrogen and oxygen atoms in total. The maximum Gasteiger partial charge on any atom is 0.417 e. The molecule has 160 valence electrons. The highest BCUT2D eigenvalue weighted by Crippen LogP contribution is 2.29. The highest BCUT2D eigenvalue weighted by molar-refractivity contribution is 7.09. The van der Waals surface area contributed by atoms with Gasteiger partial charge >= 0.3 is 6.18 Å². The molecule has 1 amide bonds. The number of hydrogen-bond acceptors (Lipinski definition) is 6. The number of aromatic amines is 1. The normalized spacial score (nSPS) is 12.7. The summed E-state index contributed by atoms with van der Waals surface area (Å²) in [5.74, 6) is -0.398. The van der Waals surface area contributed by atoms with Crippen LogP contribution in [0, 0.1) is 0 Å². The second kappa shape index (κ2) is 9.37. The Morgan fingerprint density at radius 2 is 2.10 bits per heavy atom. The van der Waals surface area contributed by atoms with E-state index >= 15 is 0 Å². The van der Waals surface area contributed by atoms with Gasteiger partial charge in [-0.2, -0.15) is 13.2 Å². The number of aliphatic hydroxyl groups is 1. The Labute approximate surface area is 174 Å². The molecule has 0 spiro atoms. The average molecular weight is 439 g/mol. The summed E-state index contributed by atoms with van der Waals surface area (Å²) in [5.41, 5.74) is 6.50. The highest BCUT2D eigenvalue weighted by atomic mass is 32.1. The van der Waals surface area contributed by atoms with Crippen molar-refractivity contribution in [3.05, 3.63) is 57.8 Å². The van der Waals surface area contributed by atoms with Crippen LogP contribution < -0.4 is 11.1 Å². The molecule has 0 aromatic carbocycles. The molecule has 5 N–H and O–H groups in total. The van der Waals surface area contributed by atoms with E-state index in [1.54, 1.807) is 6.07 Å². The number of nitrogens with zero attached hydrogens (tertiary/aromatic N) is 2. The number of thiazole rings is 1. The van der Waals surface area contributed by atoms with Crippen molar-refractivity contribution in [1.29, 1.82) is 0 Å². The number of aliphatic hydroxyl groups excluding tert-OH is 1. The number of pyridine rings is 1. The minimum atomic E-state index is -4.46. The first-order valence-corrected chi connectivity index (χ1v) is 9.98. The molecule has 0 radical (unpaired) electrons. The van der Waals surface area contributed by atoms with E-state index in [0.717, 1.165) is 18.0 Å². The third-order valence-corrected chi connectivity index (χ3v) is 5.30. The molecule has 0 saturated carbocycles. The van der Waals surface area contributed by atoms with E-state index in [1.807, 2.05) is 5.38 Å². The lowest BCUT2D eigenvalue weighted by molar-refractivity contribution is -0.137. The van der Waals surface area contributed by atoms with E-state index in [4.69, 9.17) is 10.8 Å². The number of aromatic nitrogens is 3. The van der Waals surface area contributed by atoms with Gasteiger partial charge in [-0.15, -0.1) is 11.3 Å². The fraction of sp³-hybridized carbons (Fsp3) is 0.316. The molecule has 0 fully saturated rings. The third-order valence-electron chi connectivity index (χ3n) is 4.29. The first-order chi connectivity index (χ1) is 14.3. The Balaban J connectivity index is 1.72. The van der Waals surface area contributed by atoms with Crippen molar-refractivity contribution in [3.8, 4) is 11.4 Å². The smallest absolute Gasteiger partial charge is 0.396 e. The standard InChI is InChI=1S/C19H20F3N5O2S/c20-19(21,22)11-1-2-13(24-9-11)14-3-4-15(26-14)17(29)27-16(5-7-23)18-25-12(6-8-28)10-30-18/h1-4,9-10,16,26,28H,5-8,23H2,(H,27,29). The number of halogens is 3. The highest BCUT2D eigenvalue weighted by Gasteiger charge is 2.30. The number of nitrogens with one attached hydrogen (secondary N) is 2. The second-order valence-corrected chi connectivity index (χ2v) is 7.36. The summed E-state index contributed by atoms with van der Waals surface area (Å²) >= 11 is 1.38. The van der Waals surface area contributed by atoms with Crippen LogP contribution in [0.1, 0.15) is 39.2 Å². The number of nitrogens with two attached hydrogens (primary N) is 1. The number of rotatable bonds is 8. The predicted octanol–water partition coefficient (Wildman–Crippen LogP) is 2.91. The van der Waals surface area contributed by atoms with Crippen molar-refractivity contribution in [1.82, 2.24) is 20.3 Å². The van der Waals surface area contributed by atoms with Gasteiger partial charge in [0.1, 0.15) is 10.7 Å². The molecule has 1 atom stereocenters. The summed E-state index contributed by atoms with van der Waals surface area (Å²) in [6, 6.07) is 4.89. The largest absolute Gasteiger partial charge is 0.417 e. The monoisotopic (exact) mass is 439 g/mol. The van der Waals surface area contributed by atoms with Gasteiger partial charge in [0.2, 0.25) is 0 Å². The number of carbonyl (C=O) groups excluding carboxylic acids is 1. The molecular formula is C19H20F3N5O2S. The molecule has 3 aromatic heterocycles. The van der Waals surface area contributed by atoms with Crippen molar-refractivity contribution < 1.29 is 23.1 Å². The zero-order chi connectivity index (χ0) is 21.7. The summed E-state index contributed by atoms with van der Waals surface area (Å²) in [5, 5.41) is 14.4. The Hall–Kier alpha value is -2.76. The van der Waals surface area contributed by atoms with Gasteiger partial charge in [-0.3, -0.25) is 9.78 Å². The topological polar surface area (TPSA) is 117 Å². The summed E-state index contributed by atoms with van der Waals surface area (Å²) in [4.78, 5) is 23.8. The number of alkyl halides is 3. The minimum absolute atomic E-state index is 0.0136. The summed E-state index contributed by atoms with van der Waals surface area (Å²) < 4.78 is 38.0. The van der Waals surface area contributed by atoms with Crippen molar-refractivity contribution in [2.75, 3.05) is 13.2 Å². The van der Waals surface area contributed by atoms with Crippen LogP contribution in [0.15, 0.2) is 35.8 Å². The van der Waals surface area contributed by atoms with E-state index < -0.39 is 23.7 Å². The molecule has 3 rings (SSSR count). The summed E-state index contributed by atoms with van der Waals surface area (Å²) in [6.45, 7) is 0.325. The predicted molar refractivity (Wildman–Crippen MR) is 106 cm³/mol. The van der Waals surface area contributed by atoms with Crippen molar-refractivity contribution in [3.63, 3.8) is 0 Å². The Bertz CT molecular complexity index is 985. The maximum atomic E-state index is 12.7. The zero-order valence-corrected chi connectivity index (χ0v) is 16.6. The number of amides is 1. The quantitative estimate of drug-likeness (QED) is 0.431. The van der Waals surface area contributed by atoms with Gasteiger partial charge in [-0.1, -0.05) is 0 Å². The van der Waals surface area contributed by atoms with E-state index in [1.165, 1.54) is 23.5 Å². The molecule has 0 saturated heterocycles. The lowest BCUT2D eigenvalue weighted by Gasteiger charge is -2.15. The van der Waals surface area contributed by atoms with Gasteiger partial charge in [0.05, 0.1) is 28.7 Å². The molecule has 11 heteroatoms.